The third kappa shape index (κ3) is 4.70. The second-order valence-corrected chi connectivity index (χ2v) is 8.98. The van der Waals surface area contributed by atoms with E-state index in [1.807, 2.05) is 19.0 Å². The molecular formula is C19H22F2N4O3S. The van der Waals surface area contributed by atoms with Crippen LogP contribution in [0.2, 0.25) is 0 Å². The summed E-state index contributed by atoms with van der Waals surface area (Å²) >= 11 is 0. The molecule has 3 rings (SSSR count). The number of rotatable bonds is 5. The number of halogens is 2. The van der Waals surface area contributed by atoms with Gasteiger partial charge in [0.1, 0.15) is 5.82 Å². The first-order chi connectivity index (χ1) is 13.7. The Bertz CT molecular complexity index is 989. The van der Waals surface area contributed by atoms with Crippen LogP contribution in [-0.2, 0) is 14.8 Å². The zero-order chi connectivity index (χ0) is 21.2. The van der Waals surface area contributed by atoms with E-state index in [-0.39, 0.29) is 29.8 Å². The Kier molecular flexibility index (Phi) is 6.13. The molecule has 1 aliphatic rings. The number of piperidine rings is 1. The maximum Gasteiger partial charge on any atom is 0.243 e. The molecule has 1 fully saturated rings. The van der Waals surface area contributed by atoms with Crippen LogP contribution in [-0.4, -0.2) is 50.8 Å². The number of pyridine rings is 1. The van der Waals surface area contributed by atoms with Crippen LogP contribution in [0.1, 0.15) is 12.8 Å². The highest BCUT2D eigenvalue weighted by atomic mass is 32.2. The molecule has 1 aromatic carbocycles. The lowest BCUT2D eigenvalue weighted by Crippen LogP contribution is -2.41. The molecule has 1 saturated heterocycles. The second kappa shape index (κ2) is 8.42. The minimum Gasteiger partial charge on any atom is -0.363 e. The van der Waals surface area contributed by atoms with Gasteiger partial charge in [0.2, 0.25) is 15.9 Å². The van der Waals surface area contributed by atoms with Crippen molar-refractivity contribution in [2.45, 2.75) is 17.7 Å². The highest BCUT2D eigenvalue weighted by Crippen LogP contribution is 2.26. The SMILES string of the molecule is CN(C)c1ccc(NC(=O)C2CCN(S(=O)(=O)c3ccc(F)c(F)c3)CC2)cn1. The van der Waals surface area contributed by atoms with E-state index < -0.39 is 21.7 Å². The Morgan fingerprint density at radius 3 is 2.38 bits per heavy atom. The quantitative estimate of drug-likeness (QED) is 0.797. The van der Waals surface area contributed by atoms with E-state index in [4.69, 9.17) is 0 Å². The van der Waals surface area contributed by atoms with E-state index in [9.17, 15) is 22.0 Å². The third-order valence-corrected chi connectivity index (χ3v) is 6.72. The summed E-state index contributed by atoms with van der Waals surface area (Å²) in [7, 11) is -0.214. The van der Waals surface area contributed by atoms with Crippen molar-refractivity contribution in [3.8, 4) is 0 Å². The van der Waals surface area contributed by atoms with Crippen molar-refractivity contribution in [2.75, 3.05) is 37.4 Å². The number of nitrogens with one attached hydrogen (secondary N) is 1. The first kappa shape index (κ1) is 21.1. The number of carbonyl (C=O) groups excluding carboxylic acids is 1. The lowest BCUT2D eigenvalue weighted by molar-refractivity contribution is -0.120. The topological polar surface area (TPSA) is 82.6 Å². The molecule has 10 heteroatoms. The number of nitrogens with zero attached hydrogens (tertiary/aromatic N) is 3. The number of anilines is 2. The molecule has 0 spiro atoms. The number of amides is 1. The maximum absolute atomic E-state index is 13.4. The van der Waals surface area contributed by atoms with Crippen LogP contribution in [0.3, 0.4) is 0 Å². The number of hydrogen-bond acceptors (Lipinski definition) is 5. The van der Waals surface area contributed by atoms with Gasteiger partial charge in [-0.25, -0.2) is 22.2 Å². The van der Waals surface area contributed by atoms with Crippen LogP contribution in [0.25, 0.3) is 0 Å². The Morgan fingerprint density at radius 1 is 1.14 bits per heavy atom. The van der Waals surface area contributed by atoms with Gasteiger partial charge in [-0.2, -0.15) is 4.31 Å². The number of carbonyl (C=O) groups is 1. The zero-order valence-electron chi connectivity index (χ0n) is 16.1. The van der Waals surface area contributed by atoms with E-state index in [0.29, 0.717) is 24.6 Å². The minimum absolute atomic E-state index is 0.122. The molecular weight excluding hydrogens is 402 g/mol. The predicted octanol–water partition coefficient (Wildman–Crippen LogP) is 2.47. The van der Waals surface area contributed by atoms with Gasteiger partial charge in [0, 0.05) is 33.1 Å². The van der Waals surface area contributed by atoms with Gasteiger partial charge < -0.3 is 10.2 Å². The molecule has 0 saturated carbocycles. The van der Waals surface area contributed by atoms with E-state index in [0.717, 1.165) is 18.0 Å². The molecule has 2 heterocycles. The molecule has 1 amide bonds. The van der Waals surface area contributed by atoms with Gasteiger partial charge >= 0.3 is 0 Å². The lowest BCUT2D eigenvalue weighted by Gasteiger charge is -2.30. The normalized spacial score (nSPS) is 15.9. The van der Waals surface area contributed by atoms with Crippen molar-refractivity contribution in [3.05, 3.63) is 48.2 Å². The average Bonchev–Trinajstić information content (AvgIpc) is 2.70. The van der Waals surface area contributed by atoms with E-state index in [2.05, 4.69) is 10.3 Å². The summed E-state index contributed by atoms with van der Waals surface area (Å²) in [6.45, 7) is 0.245. The fourth-order valence-corrected chi connectivity index (χ4v) is 4.60. The smallest absolute Gasteiger partial charge is 0.243 e. The third-order valence-electron chi connectivity index (χ3n) is 4.83. The van der Waals surface area contributed by atoms with Gasteiger partial charge in [0.25, 0.3) is 0 Å². The molecule has 156 valence electrons. The molecule has 1 N–H and O–H groups in total. The number of aromatic nitrogens is 1. The van der Waals surface area contributed by atoms with Crippen LogP contribution in [0.4, 0.5) is 20.3 Å². The first-order valence-electron chi connectivity index (χ1n) is 9.08. The summed E-state index contributed by atoms with van der Waals surface area (Å²) in [5, 5.41) is 2.80. The summed E-state index contributed by atoms with van der Waals surface area (Å²) in [5.41, 5.74) is 0.567. The minimum atomic E-state index is -3.94. The molecule has 0 bridgehead atoms. The first-order valence-corrected chi connectivity index (χ1v) is 10.5. The van der Waals surface area contributed by atoms with Crippen molar-refractivity contribution < 1.29 is 22.0 Å². The van der Waals surface area contributed by atoms with Crippen LogP contribution in [0, 0.1) is 17.6 Å². The van der Waals surface area contributed by atoms with Crippen LogP contribution < -0.4 is 10.2 Å². The predicted molar refractivity (Wildman–Crippen MR) is 105 cm³/mol. The molecule has 1 aromatic heterocycles. The molecule has 1 aliphatic heterocycles. The van der Waals surface area contributed by atoms with Crippen molar-refractivity contribution in [1.82, 2.24) is 9.29 Å². The van der Waals surface area contributed by atoms with E-state index in [1.54, 1.807) is 18.3 Å². The monoisotopic (exact) mass is 424 g/mol. The molecule has 7 nitrogen and oxygen atoms in total. The summed E-state index contributed by atoms with van der Waals surface area (Å²) in [6.07, 6.45) is 2.23. The van der Waals surface area contributed by atoms with Gasteiger partial charge in [0.05, 0.1) is 16.8 Å². The lowest BCUT2D eigenvalue weighted by atomic mass is 9.97. The van der Waals surface area contributed by atoms with Crippen LogP contribution in [0.5, 0.6) is 0 Å². The van der Waals surface area contributed by atoms with Gasteiger partial charge in [-0.1, -0.05) is 0 Å². The average molecular weight is 424 g/mol. The van der Waals surface area contributed by atoms with Gasteiger partial charge in [0.15, 0.2) is 11.6 Å². The maximum atomic E-state index is 13.4. The number of benzene rings is 1. The van der Waals surface area contributed by atoms with Gasteiger partial charge in [-0.3, -0.25) is 4.79 Å². The second-order valence-electron chi connectivity index (χ2n) is 7.04. The largest absolute Gasteiger partial charge is 0.363 e. The van der Waals surface area contributed by atoms with Crippen molar-refractivity contribution >= 4 is 27.4 Å². The molecule has 0 radical (unpaired) electrons. The van der Waals surface area contributed by atoms with E-state index >= 15 is 0 Å². The van der Waals surface area contributed by atoms with Gasteiger partial charge in [-0.05, 0) is 43.2 Å². The molecule has 0 atom stereocenters. The summed E-state index contributed by atoms with van der Waals surface area (Å²) in [4.78, 5) is 18.3. The summed E-state index contributed by atoms with van der Waals surface area (Å²) in [6, 6.07) is 6.04. The molecule has 2 aromatic rings. The highest BCUT2D eigenvalue weighted by molar-refractivity contribution is 7.89. The Morgan fingerprint density at radius 2 is 1.83 bits per heavy atom. The summed E-state index contributed by atoms with van der Waals surface area (Å²) < 4.78 is 52.9. The number of sulfonamides is 1. The fraction of sp³-hybridized carbons (Fsp3) is 0.368. The standard InChI is InChI=1S/C19H22F2N4O3S/c1-24(2)18-6-3-14(12-22-18)23-19(26)13-7-9-25(10-8-13)29(27,28)15-4-5-16(20)17(21)11-15/h3-6,11-13H,7-10H2,1-2H3,(H,23,26). The van der Waals surface area contributed by atoms with Gasteiger partial charge in [-0.15, -0.1) is 0 Å². The Hall–Kier alpha value is -2.59. The fourth-order valence-electron chi connectivity index (χ4n) is 3.11. The van der Waals surface area contributed by atoms with Crippen molar-refractivity contribution in [1.29, 1.82) is 0 Å². The molecule has 29 heavy (non-hydrogen) atoms. The van der Waals surface area contributed by atoms with Crippen molar-refractivity contribution in [3.63, 3.8) is 0 Å². The van der Waals surface area contributed by atoms with Crippen molar-refractivity contribution in [2.24, 2.45) is 5.92 Å². The van der Waals surface area contributed by atoms with Crippen LogP contribution >= 0.6 is 0 Å². The Balaban J connectivity index is 1.60. The number of hydrogen-bond donors (Lipinski definition) is 1. The summed E-state index contributed by atoms with van der Waals surface area (Å²) in [5.74, 6) is -2.10. The van der Waals surface area contributed by atoms with E-state index in [1.165, 1.54) is 4.31 Å². The molecule has 0 aliphatic carbocycles. The Labute approximate surface area is 168 Å². The van der Waals surface area contributed by atoms with Crippen LogP contribution in [0.15, 0.2) is 41.4 Å². The molecule has 0 unspecified atom stereocenters. The zero-order valence-corrected chi connectivity index (χ0v) is 16.9. The highest BCUT2D eigenvalue weighted by Gasteiger charge is 2.32.